The lowest BCUT2D eigenvalue weighted by atomic mass is 9.96. The minimum Gasteiger partial charge on any atom is -0.492 e. The molecule has 0 aromatic heterocycles. The third kappa shape index (κ3) is 5.05. The Kier molecular flexibility index (Phi) is 7.96. The number of hydrogen-bond acceptors (Lipinski definition) is 2. The van der Waals surface area contributed by atoms with Crippen LogP contribution in [0.2, 0.25) is 0 Å². The number of benzene rings is 3. The molecule has 2 heteroatoms. The first-order valence-corrected chi connectivity index (χ1v) is 11.2. The van der Waals surface area contributed by atoms with Crippen LogP contribution in [0.1, 0.15) is 50.7 Å². The van der Waals surface area contributed by atoms with Gasteiger partial charge in [-0.1, -0.05) is 62.4 Å². The molecule has 0 N–H and O–H groups in total. The molecule has 0 amide bonds. The van der Waals surface area contributed by atoms with Gasteiger partial charge in [0.15, 0.2) is 0 Å². The summed E-state index contributed by atoms with van der Waals surface area (Å²) in [6.07, 6.45) is 12.7. The van der Waals surface area contributed by atoms with Gasteiger partial charge in [-0.05, 0) is 62.8 Å². The van der Waals surface area contributed by atoms with Gasteiger partial charge in [-0.2, -0.15) is 0 Å². The van der Waals surface area contributed by atoms with Crippen LogP contribution in [-0.2, 0) is 0 Å². The molecular formula is C28H34O2. The maximum absolute atomic E-state index is 6.37. The normalized spacial score (nSPS) is 11.9. The summed E-state index contributed by atoms with van der Waals surface area (Å²) < 4.78 is 12.7. The Morgan fingerprint density at radius 3 is 1.47 bits per heavy atom. The maximum Gasteiger partial charge on any atom is 0.135 e. The predicted molar refractivity (Wildman–Crippen MR) is 130 cm³/mol. The number of rotatable bonds is 10. The van der Waals surface area contributed by atoms with Crippen molar-refractivity contribution in [1.29, 1.82) is 0 Å². The molecule has 3 rings (SSSR count). The van der Waals surface area contributed by atoms with Gasteiger partial charge in [-0.3, -0.25) is 0 Å². The summed E-state index contributed by atoms with van der Waals surface area (Å²) in [6.45, 7) is 9.97. The molecule has 158 valence electrons. The summed E-state index contributed by atoms with van der Waals surface area (Å²) >= 11 is 0. The van der Waals surface area contributed by atoms with Crippen LogP contribution < -0.4 is 9.47 Å². The largest absolute Gasteiger partial charge is 0.492 e. The average molecular weight is 403 g/mol. The number of ether oxygens (including phenoxy) is 2. The number of hydrogen-bond donors (Lipinski definition) is 0. The highest BCUT2D eigenvalue weighted by Crippen LogP contribution is 2.43. The molecule has 3 aromatic carbocycles. The fourth-order valence-electron chi connectivity index (χ4n) is 3.70. The Morgan fingerprint density at radius 2 is 1.07 bits per heavy atom. The minimum absolute atomic E-state index is 0.671. The average Bonchev–Trinajstić information content (AvgIpc) is 2.75. The lowest BCUT2D eigenvalue weighted by Gasteiger charge is -2.19. The second kappa shape index (κ2) is 10.9. The number of aryl methyl sites for hydroxylation is 2. The molecule has 0 saturated carbocycles. The molecule has 0 radical (unpaired) electrons. The van der Waals surface area contributed by atoms with Crippen LogP contribution in [0.5, 0.6) is 11.5 Å². The second-order valence-corrected chi connectivity index (χ2v) is 7.72. The van der Waals surface area contributed by atoms with Gasteiger partial charge in [-0.15, -0.1) is 0 Å². The molecule has 3 aromatic rings. The highest BCUT2D eigenvalue weighted by Gasteiger charge is 2.17. The van der Waals surface area contributed by atoms with E-state index in [1.165, 1.54) is 11.1 Å². The Balaban J connectivity index is 2.08. The smallest absolute Gasteiger partial charge is 0.135 e. The highest BCUT2D eigenvalue weighted by atomic mass is 16.5. The van der Waals surface area contributed by atoms with Crippen molar-refractivity contribution in [2.24, 2.45) is 0 Å². The highest BCUT2D eigenvalue weighted by molar-refractivity contribution is 6.11. The van der Waals surface area contributed by atoms with E-state index in [2.05, 4.69) is 88.4 Å². The Bertz CT molecular complexity index is 960. The van der Waals surface area contributed by atoms with Crippen molar-refractivity contribution < 1.29 is 9.47 Å². The molecule has 30 heavy (non-hydrogen) atoms. The molecule has 2 nitrogen and oxygen atoms in total. The van der Waals surface area contributed by atoms with Crippen LogP contribution in [0.3, 0.4) is 0 Å². The van der Waals surface area contributed by atoms with Crippen LogP contribution in [-0.4, -0.2) is 13.2 Å². The molecule has 0 atom stereocenters. The molecule has 0 aliphatic heterocycles. The van der Waals surface area contributed by atoms with Crippen molar-refractivity contribution in [2.75, 3.05) is 13.2 Å². The predicted octanol–water partition coefficient (Wildman–Crippen LogP) is 8.08. The number of allylic oxidation sites excluding steroid dienone is 2. The topological polar surface area (TPSA) is 18.5 Å². The van der Waals surface area contributed by atoms with Crippen molar-refractivity contribution in [3.8, 4) is 11.5 Å². The zero-order valence-electron chi connectivity index (χ0n) is 18.8. The van der Waals surface area contributed by atoms with Gasteiger partial charge in [0.25, 0.3) is 0 Å². The summed E-state index contributed by atoms with van der Waals surface area (Å²) in [5.41, 5.74) is 2.54. The monoisotopic (exact) mass is 402 g/mol. The van der Waals surface area contributed by atoms with E-state index in [-0.39, 0.29) is 0 Å². The van der Waals surface area contributed by atoms with Crippen molar-refractivity contribution in [2.45, 2.75) is 53.4 Å². The lowest BCUT2D eigenvalue weighted by molar-refractivity contribution is 0.327. The molecule has 0 aliphatic carbocycles. The Labute approximate surface area is 181 Å². The summed E-state index contributed by atoms with van der Waals surface area (Å²) in [5, 5.41) is 4.50. The van der Waals surface area contributed by atoms with Crippen molar-refractivity contribution >= 4 is 21.5 Å². The molecule has 0 unspecified atom stereocenters. The van der Waals surface area contributed by atoms with Gasteiger partial charge in [0.05, 0.1) is 13.2 Å². The maximum atomic E-state index is 6.37. The van der Waals surface area contributed by atoms with E-state index < -0.39 is 0 Å². The SMILES string of the molecule is CC/C=C/CCOc1c2ccccc2c(OCC/C=C/CC)c2cc(C)c(C)cc12. The van der Waals surface area contributed by atoms with Gasteiger partial charge < -0.3 is 9.47 Å². The molecule has 0 fully saturated rings. The third-order valence-corrected chi connectivity index (χ3v) is 5.41. The molecule has 0 aliphatic rings. The van der Waals surface area contributed by atoms with E-state index in [0.717, 1.165) is 58.7 Å². The summed E-state index contributed by atoms with van der Waals surface area (Å²) in [5.74, 6) is 1.93. The molecule has 0 heterocycles. The van der Waals surface area contributed by atoms with E-state index >= 15 is 0 Å². The fraction of sp³-hybridized carbons (Fsp3) is 0.357. The van der Waals surface area contributed by atoms with E-state index in [9.17, 15) is 0 Å². The summed E-state index contributed by atoms with van der Waals surface area (Å²) in [6, 6.07) is 12.9. The van der Waals surface area contributed by atoms with Gasteiger partial charge in [0, 0.05) is 21.5 Å². The first-order valence-electron chi connectivity index (χ1n) is 11.2. The summed E-state index contributed by atoms with van der Waals surface area (Å²) in [7, 11) is 0. The molecule has 0 bridgehead atoms. The van der Waals surface area contributed by atoms with E-state index in [1.807, 2.05) is 0 Å². The van der Waals surface area contributed by atoms with Crippen LogP contribution in [0.15, 0.2) is 60.7 Å². The molecule has 0 spiro atoms. The minimum atomic E-state index is 0.671. The molecular weight excluding hydrogens is 368 g/mol. The van der Waals surface area contributed by atoms with Crippen LogP contribution >= 0.6 is 0 Å². The fourth-order valence-corrected chi connectivity index (χ4v) is 3.70. The van der Waals surface area contributed by atoms with E-state index in [1.54, 1.807) is 0 Å². The third-order valence-electron chi connectivity index (χ3n) is 5.41. The van der Waals surface area contributed by atoms with Crippen LogP contribution in [0.25, 0.3) is 21.5 Å². The first kappa shape index (κ1) is 22.0. The van der Waals surface area contributed by atoms with Crippen LogP contribution in [0, 0.1) is 13.8 Å². The lowest BCUT2D eigenvalue weighted by Crippen LogP contribution is -2.02. The quantitative estimate of drug-likeness (QED) is 0.194. The first-order chi connectivity index (χ1) is 14.7. The standard InChI is InChI=1S/C28H34O2/c1-5-7-9-13-17-29-27-23-15-11-12-16-24(23)28(30-18-14-10-8-6-2)26-20-22(4)21(3)19-25(26)27/h7-12,15-16,19-20H,5-6,13-14,17-18H2,1-4H3/b9-7+,10-8+. The molecule has 0 saturated heterocycles. The summed E-state index contributed by atoms with van der Waals surface area (Å²) in [4.78, 5) is 0. The second-order valence-electron chi connectivity index (χ2n) is 7.72. The van der Waals surface area contributed by atoms with Crippen molar-refractivity contribution in [3.63, 3.8) is 0 Å². The zero-order valence-corrected chi connectivity index (χ0v) is 18.8. The van der Waals surface area contributed by atoms with Crippen LogP contribution in [0.4, 0.5) is 0 Å². The Morgan fingerprint density at radius 1 is 0.633 bits per heavy atom. The van der Waals surface area contributed by atoms with Gasteiger partial charge in [-0.25, -0.2) is 0 Å². The van der Waals surface area contributed by atoms with Crippen molar-refractivity contribution in [1.82, 2.24) is 0 Å². The van der Waals surface area contributed by atoms with Gasteiger partial charge in [0.2, 0.25) is 0 Å². The van der Waals surface area contributed by atoms with E-state index in [4.69, 9.17) is 9.47 Å². The van der Waals surface area contributed by atoms with Crippen molar-refractivity contribution in [3.05, 3.63) is 71.8 Å². The van der Waals surface area contributed by atoms with Gasteiger partial charge in [0.1, 0.15) is 11.5 Å². The van der Waals surface area contributed by atoms with Gasteiger partial charge >= 0.3 is 0 Å². The number of fused-ring (bicyclic) bond motifs is 2. The zero-order chi connectivity index (χ0) is 21.3. The van der Waals surface area contributed by atoms with E-state index in [0.29, 0.717) is 13.2 Å². The Hall–Kier alpha value is -2.74.